The van der Waals surface area contributed by atoms with E-state index < -0.39 is 0 Å². The van der Waals surface area contributed by atoms with Crippen LogP contribution in [0.15, 0.2) is 60.9 Å². The van der Waals surface area contributed by atoms with Gasteiger partial charge >= 0.3 is 0 Å². The number of allylic oxidation sites excluding steroid dienone is 1. The van der Waals surface area contributed by atoms with E-state index in [1.807, 2.05) is 12.1 Å². The number of ether oxygens (including phenoxy) is 1. The number of nitrogens with zero attached hydrogens (tertiary/aromatic N) is 2. The molecule has 0 bridgehead atoms. The van der Waals surface area contributed by atoms with Crippen LogP contribution in [-0.4, -0.2) is 27.8 Å². The molecule has 2 aromatic carbocycles. The van der Waals surface area contributed by atoms with Crippen molar-refractivity contribution in [3.8, 4) is 28.3 Å². The summed E-state index contributed by atoms with van der Waals surface area (Å²) in [5.74, 6) is 0.416. The molecule has 0 aliphatic carbocycles. The van der Waals surface area contributed by atoms with Gasteiger partial charge in [0.25, 0.3) is 0 Å². The second-order valence-corrected chi connectivity index (χ2v) is 8.30. The Morgan fingerprint density at radius 2 is 1.76 bits per heavy atom. The predicted octanol–water partition coefficient (Wildman–Crippen LogP) is 7.43. The van der Waals surface area contributed by atoms with Gasteiger partial charge in [0.05, 0.1) is 6.10 Å². The van der Waals surface area contributed by atoms with Gasteiger partial charge in [-0.05, 0) is 68.5 Å². The summed E-state index contributed by atoms with van der Waals surface area (Å²) in [4.78, 5) is 8.69. The topological polar surface area (TPSA) is 55.2 Å². The zero-order chi connectivity index (χ0) is 23.5. The van der Waals surface area contributed by atoms with Crippen molar-refractivity contribution in [2.45, 2.75) is 58.5 Å². The van der Waals surface area contributed by atoms with Crippen molar-refractivity contribution in [3.05, 3.63) is 72.3 Å². The van der Waals surface area contributed by atoms with Crippen LogP contribution in [0.3, 0.4) is 0 Å². The smallest absolute Gasteiger partial charge is 0.159 e. The minimum atomic E-state index is -0.299. The molecule has 1 aromatic heterocycles. The molecule has 5 heteroatoms. The van der Waals surface area contributed by atoms with Crippen LogP contribution in [-0.2, 0) is 4.74 Å². The van der Waals surface area contributed by atoms with Crippen LogP contribution in [0.1, 0.15) is 57.9 Å². The molecule has 0 amide bonds. The SMILES string of the molecule is CCCCCOC(C)CCC/C=C/c1ccc(-c2cnc(-c3ccc(O)cc3)nc2)c(F)c1. The van der Waals surface area contributed by atoms with Gasteiger partial charge in [-0.3, -0.25) is 0 Å². The lowest BCUT2D eigenvalue weighted by Crippen LogP contribution is -2.08. The minimum absolute atomic E-state index is 0.188. The third-order valence-corrected chi connectivity index (χ3v) is 5.52. The van der Waals surface area contributed by atoms with Gasteiger partial charge in [-0.1, -0.05) is 44.1 Å². The lowest BCUT2D eigenvalue weighted by Gasteiger charge is -2.12. The van der Waals surface area contributed by atoms with E-state index in [0.29, 0.717) is 17.0 Å². The molecule has 1 N–H and O–H groups in total. The quantitative estimate of drug-likeness (QED) is 0.293. The van der Waals surface area contributed by atoms with Gasteiger partial charge in [0.15, 0.2) is 5.82 Å². The Kier molecular flexibility index (Phi) is 9.58. The Balaban J connectivity index is 1.51. The van der Waals surface area contributed by atoms with Crippen molar-refractivity contribution in [2.75, 3.05) is 6.61 Å². The van der Waals surface area contributed by atoms with Gasteiger partial charge in [0.1, 0.15) is 11.6 Å². The maximum atomic E-state index is 14.7. The number of hydrogen-bond acceptors (Lipinski definition) is 4. The summed E-state index contributed by atoms with van der Waals surface area (Å²) in [5.41, 5.74) is 2.72. The van der Waals surface area contributed by atoms with Crippen LogP contribution in [0.5, 0.6) is 5.75 Å². The fourth-order valence-corrected chi connectivity index (χ4v) is 3.56. The van der Waals surface area contributed by atoms with Gasteiger partial charge in [-0.25, -0.2) is 14.4 Å². The van der Waals surface area contributed by atoms with Gasteiger partial charge in [-0.2, -0.15) is 0 Å². The number of aromatic hydroxyl groups is 1. The number of halogens is 1. The number of unbranched alkanes of at least 4 members (excludes halogenated alkanes) is 3. The molecule has 1 heterocycles. The molecule has 4 nitrogen and oxygen atoms in total. The number of rotatable bonds is 12. The molecular formula is C28H33FN2O2. The summed E-state index contributed by atoms with van der Waals surface area (Å²) >= 11 is 0. The zero-order valence-electron chi connectivity index (χ0n) is 19.5. The molecule has 1 atom stereocenters. The van der Waals surface area contributed by atoms with Crippen molar-refractivity contribution in [2.24, 2.45) is 0 Å². The predicted molar refractivity (Wildman–Crippen MR) is 132 cm³/mol. The summed E-state index contributed by atoms with van der Waals surface area (Å²) < 4.78 is 20.5. The molecule has 0 aliphatic heterocycles. The average molecular weight is 449 g/mol. The number of phenols is 1. The monoisotopic (exact) mass is 448 g/mol. The Morgan fingerprint density at radius 3 is 2.45 bits per heavy atom. The highest BCUT2D eigenvalue weighted by Crippen LogP contribution is 2.25. The lowest BCUT2D eigenvalue weighted by molar-refractivity contribution is 0.0566. The van der Waals surface area contributed by atoms with E-state index in [-0.39, 0.29) is 17.7 Å². The standard InChI is InChI=1S/C28H33FN2O2/c1-3-4-8-17-33-21(2)9-6-5-7-10-22-11-16-26(27(29)18-22)24-19-30-28(31-20-24)23-12-14-25(32)15-13-23/h7,10-16,18-21,32H,3-6,8-9,17H2,1-2H3/b10-7+. The van der Waals surface area contributed by atoms with E-state index in [2.05, 4.69) is 29.9 Å². The molecular weight excluding hydrogens is 415 g/mol. The fourth-order valence-electron chi connectivity index (χ4n) is 3.56. The normalized spacial score (nSPS) is 12.3. The number of phenolic OH excluding ortho intramolecular Hbond substituents is 1. The zero-order valence-corrected chi connectivity index (χ0v) is 19.5. The largest absolute Gasteiger partial charge is 0.508 e. The maximum Gasteiger partial charge on any atom is 0.159 e. The lowest BCUT2D eigenvalue weighted by atomic mass is 10.0. The first-order valence-electron chi connectivity index (χ1n) is 11.8. The second-order valence-electron chi connectivity index (χ2n) is 8.30. The average Bonchev–Trinajstić information content (AvgIpc) is 2.82. The van der Waals surface area contributed by atoms with Crippen molar-refractivity contribution in [1.82, 2.24) is 9.97 Å². The minimum Gasteiger partial charge on any atom is -0.508 e. The van der Waals surface area contributed by atoms with Crippen LogP contribution in [0.25, 0.3) is 28.6 Å². The van der Waals surface area contributed by atoms with E-state index in [0.717, 1.165) is 43.4 Å². The molecule has 174 valence electrons. The van der Waals surface area contributed by atoms with Crippen LogP contribution in [0, 0.1) is 5.82 Å². The van der Waals surface area contributed by atoms with Crippen LogP contribution in [0.4, 0.5) is 4.39 Å². The molecule has 0 saturated carbocycles. The molecule has 0 saturated heterocycles. The first-order chi connectivity index (χ1) is 16.1. The number of aromatic nitrogens is 2. The van der Waals surface area contributed by atoms with Gasteiger partial charge in [0, 0.05) is 35.7 Å². The molecule has 0 fully saturated rings. The van der Waals surface area contributed by atoms with Crippen molar-refractivity contribution in [3.63, 3.8) is 0 Å². The third kappa shape index (κ3) is 7.79. The highest BCUT2D eigenvalue weighted by Gasteiger charge is 2.08. The molecule has 0 spiro atoms. The van der Waals surface area contributed by atoms with Crippen LogP contribution >= 0.6 is 0 Å². The second kappa shape index (κ2) is 12.9. The molecule has 0 radical (unpaired) electrons. The Morgan fingerprint density at radius 1 is 1.00 bits per heavy atom. The van der Waals surface area contributed by atoms with Crippen molar-refractivity contribution >= 4 is 6.08 Å². The van der Waals surface area contributed by atoms with Gasteiger partial charge in [0.2, 0.25) is 0 Å². The van der Waals surface area contributed by atoms with E-state index in [1.165, 1.54) is 12.8 Å². The number of hydrogen-bond donors (Lipinski definition) is 1. The summed E-state index contributed by atoms with van der Waals surface area (Å²) in [7, 11) is 0. The van der Waals surface area contributed by atoms with E-state index >= 15 is 0 Å². The highest BCUT2D eigenvalue weighted by atomic mass is 19.1. The van der Waals surface area contributed by atoms with Crippen molar-refractivity contribution < 1.29 is 14.2 Å². The van der Waals surface area contributed by atoms with Gasteiger partial charge in [-0.15, -0.1) is 0 Å². The molecule has 0 aliphatic rings. The first-order valence-corrected chi connectivity index (χ1v) is 11.8. The third-order valence-electron chi connectivity index (χ3n) is 5.52. The summed E-state index contributed by atoms with van der Waals surface area (Å²) in [6.45, 7) is 5.17. The van der Waals surface area contributed by atoms with E-state index in [4.69, 9.17) is 4.74 Å². The van der Waals surface area contributed by atoms with E-state index in [1.54, 1.807) is 48.8 Å². The number of benzene rings is 2. The Labute approximate surface area is 196 Å². The Hall–Kier alpha value is -3.05. The van der Waals surface area contributed by atoms with E-state index in [9.17, 15) is 9.50 Å². The fraction of sp³-hybridized carbons (Fsp3) is 0.357. The molecule has 3 aromatic rings. The van der Waals surface area contributed by atoms with Gasteiger partial charge < -0.3 is 9.84 Å². The Bertz CT molecular complexity index is 1020. The highest BCUT2D eigenvalue weighted by molar-refractivity contribution is 5.66. The maximum absolute atomic E-state index is 14.7. The summed E-state index contributed by atoms with van der Waals surface area (Å²) in [6, 6.07) is 11.9. The van der Waals surface area contributed by atoms with Crippen molar-refractivity contribution in [1.29, 1.82) is 0 Å². The van der Waals surface area contributed by atoms with Crippen LogP contribution in [0.2, 0.25) is 0 Å². The molecule has 33 heavy (non-hydrogen) atoms. The molecule has 3 rings (SSSR count). The van der Waals surface area contributed by atoms with Crippen LogP contribution < -0.4 is 0 Å². The first kappa shape index (κ1) is 24.6. The summed E-state index contributed by atoms with van der Waals surface area (Å²) in [6.07, 6.45) is 14.2. The molecule has 1 unspecified atom stereocenters. The summed E-state index contributed by atoms with van der Waals surface area (Å²) in [5, 5.41) is 9.40.